The van der Waals surface area contributed by atoms with E-state index >= 15 is 0 Å². The highest BCUT2D eigenvalue weighted by molar-refractivity contribution is 6.03. The van der Waals surface area contributed by atoms with E-state index in [1.165, 1.54) is 42.3 Å². The fourth-order valence-corrected chi connectivity index (χ4v) is 5.20. The third kappa shape index (κ3) is 6.50. The van der Waals surface area contributed by atoms with E-state index in [9.17, 15) is 39.5 Å². The Morgan fingerprint density at radius 2 is 1.52 bits per heavy atom. The molecule has 0 fully saturated rings. The lowest BCUT2D eigenvalue weighted by Crippen LogP contribution is -2.64. The zero-order valence-corrected chi connectivity index (χ0v) is 24.3. The van der Waals surface area contributed by atoms with Crippen LogP contribution in [0.5, 0.6) is 0 Å². The van der Waals surface area contributed by atoms with Crippen molar-refractivity contribution in [2.45, 2.75) is 45.4 Å². The fourth-order valence-electron chi connectivity index (χ4n) is 5.20. The molecule has 0 saturated carbocycles. The second kappa shape index (κ2) is 13.3. The van der Waals surface area contributed by atoms with E-state index in [0.29, 0.717) is 11.1 Å². The van der Waals surface area contributed by atoms with Gasteiger partial charge in [0.25, 0.3) is 17.5 Å². The highest BCUT2D eigenvalue weighted by Gasteiger charge is 2.47. The summed E-state index contributed by atoms with van der Waals surface area (Å²) < 4.78 is 0. The first-order chi connectivity index (χ1) is 20.9. The van der Waals surface area contributed by atoms with Gasteiger partial charge in [0.1, 0.15) is 6.04 Å². The van der Waals surface area contributed by atoms with E-state index in [2.05, 4.69) is 0 Å². The van der Waals surface area contributed by atoms with Gasteiger partial charge in [0.15, 0.2) is 6.10 Å². The number of nitro benzene ring substituents is 1. The van der Waals surface area contributed by atoms with Gasteiger partial charge in [-0.3, -0.25) is 29.4 Å². The number of nitro groups is 1. The van der Waals surface area contributed by atoms with Gasteiger partial charge in [-0.25, -0.2) is 14.8 Å². The molecular formula is C32H32N4O8. The number of carbonyl (C=O) groups excluding carboxylic acids is 3. The average molecular weight is 601 g/mol. The van der Waals surface area contributed by atoms with Crippen molar-refractivity contribution in [1.29, 1.82) is 0 Å². The maximum absolute atomic E-state index is 14.5. The maximum Gasteiger partial charge on any atom is 0.334 e. The molecule has 12 heteroatoms. The largest absolute Gasteiger partial charge is 0.479 e. The van der Waals surface area contributed by atoms with E-state index < -0.39 is 52.7 Å². The van der Waals surface area contributed by atoms with Crippen molar-refractivity contribution in [3.63, 3.8) is 0 Å². The van der Waals surface area contributed by atoms with Crippen LogP contribution in [-0.2, 0) is 20.8 Å². The Labute approximate surface area is 253 Å². The fraction of sp³-hybridized carbons (Fsp3) is 0.250. The molecular weight excluding hydrogens is 568 g/mol. The highest BCUT2D eigenvalue weighted by Crippen LogP contribution is 2.34. The third-order valence-electron chi connectivity index (χ3n) is 7.27. The number of non-ortho nitro benzene ring substituents is 1. The van der Waals surface area contributed by atoms with Crippen molar-refractivity contribution < 1.29 is 34.3 Å². The van der Waals surface area contributed by atoms with Gasteiger partial charge >= 0.3 is 5.97 Å². The number of aliphatic hydroxyl groups is 1. The Morgan fingerprint density at radius 3 is 2.02 bits per heavy atom. The standard InChI is InChI=1S/C32H32N4O8/c1-20(2)28-31(40)35(34(21(3)37)26(29(38)32(41)42)18-22-10-6-4-7-11-22)27(23-12-8-5-9-13-23)19-33(28)30(39)24-14-16-25(17-15-24)36(43)44/h4-17,19-20,26,28-29,38H,18H2,1-3H3,(H,41,42)/t26-,28?,29?/m0/s1. The van der Waals surface area contributed by atoms with Crippen LogP contribution >= 0.6 is 0 Å². The average Bonchev–Trinajstić information content (AvgIpc) is 3.01. The summed E-state index contributed by atoms with van der Waals surface area (Å²) in [6.45, 7) is 4.59. The van der Waals surface area contributed by atoms with E-state index in [1.807, 2.05) is 0 Å². The molecule has 0 radical (unpaired) electrons. The van der Waals surface area contributed by atoms with Gasteiger partial charge in [0, 0.05) is 36.4 Å². The number of rotatable bonds is 10. The Kier molecular flexibility index (Phi) is 9.54. The smallest absolute Gasteiger partial charge is 0.334 e. The van der Waals surface area contributed by atoms with E-state index in [-0.39, 0.29) is 23.4 Å². The number of carboxylic acid groups (broad SMARTS) is 1. The minimum Gasteiger partial charge on any atom is -0.479 e. The summed E-state index contributed by atoms with van der Waals surface area (Å²) >= 11 is 0. The minimum absolute atomic E-state index is 0.0913. The molecule has 44 heavy (non-hydrogen) atoms. The number of benzene rings is 3. The lowest BCUT2D eigenvalue weighted by Gasteiger charge is -2.47. The van der Waals surface area contributed by atoms with Crippen LogP contribution < -0.4 is 0 Å². The Hall–Kier alpha value is -5.36. The van der Waals surface area contributed by atoms with Gasteiger partial charge in [0.05, 0.1) is 16.7 Å². The third-order valence-corrected chi connectivity index (χ3v) is 7.27. The Morgan fingerprint density at radius 1 is 0.955 bits per heavy atom. The van der Waals surface area contributed by atoms with Crippen LogP contribution in [0.1, 0.15) is 42.3 Å². The van der Waals surface area contributed by atoms with Crippen LogP contribution in [0.3, 0.4) is 0 Å². The lowest BCUT2D eigenvalue weighted by atomic mass is 9.96. The van der Waals surface area contributed by atoms with Gasteiger partial charge in [-0.1, -0.05) is 74.5 Å². The van der Waals surface area contributed by atoms with Crippen LogP contribution in [0.2, 0.25) is 0 Å². The Bertz CT molecular complexity index is 1570. The zero-order chi connectivity index (χ0) is 32.1. The molecule has 0 spiro atoms. The summed E-state index contributed by atoms with van der Waals surface area (Å²) in [4.78, 5) is 65.6. The number of aliphatic carboxylic acids is 1. The summed E-state index contributed by atoms with van der Waals surface area (Å²) in [5, 5.41) is 33.9. The van der Waals surface area contributed by atoms with Crippen molar-refractivity contribution in [3.05, 3.63) is 118 Å². The van der Waals surface area contributed by atoms with Gasteiger partial charge in [0.2, 0.25) is 5.91 Å². The van der Waals surface area contributed by atoms with Gasteiger partial charge in [-0.15, -0.1) is 0 Å². The molecule has 0 aromatic heterocycles. The van der Waals surface area contributed by atoms with Crippen LogP contribution in [0.15, 0.2) is 91.1 Å². The lowest BCUT2D eigenvalue weighted by molar-refractivity contribution is -0.384. The summed E-state index contributed by atoms with van der Waals surface area (Å²) in [5.41, 5.74) is 1.03. The van der Waals surface area contributed by atoms with Crippen LogP contribution in [0, 0.1) is 16.0 Å². The molecule has 2 unspecified atom stereocenters. The highest BCUT2D eigenvalue weighted by atomic mass is 16.6. The van der Waals surface area contributed by atoms with Gasteiger partial charge in [-0.2, -0.15) is 0 Å². The SMILES string of the molecule is CC(=O)N([C@@H](Cc1ccccc1)C(O)C(=O)O)N1C(=O)C(C(C)C)N(C(=O)c2ccc([N+](=O)[O-])cc2)C=C1c1ccccc1. The normalized spacial score (nSPS) is 16.2. The molecule has 3 atom stereocenters. The van der Waals surface area contributed by atoms with Gasteiger partial charge in [-0.05, 0) is 30.0 Å². The molecule has 0 saturated heterocycles. The number of hydrogen-bond donors (Lipinski definition) is 2. The van der Waals surface area contributed by atoms with Gasteiger partial charge < -0.3 is 10.2 Å². The number of amides is 3. The number of nitrogens with zero attached hydrogens (tertiary/aromatic N) is 4. The molecule has 12 nitrogen and oxygen atoms in total. The number of aliphatic hydroxyl groups excluding tert-OH is 1. The first kappa shape index (κ1) is 31.6. The minimum atomic E-state index is -2.07. The number of hydrazine groups is 1. The van der Waals surface area contributed by atoms with E-state index in [4.69, 9.17) is 0 Å². The number of hydrogen-bond acceptors (Lipinski definition) is 7. The molecule has 3 aromatic carbocycles. The van der Waals surface area contributed by atoms with E-state index in [0.717, 1.165) is 10.0 Å². The molecule has 3 aromatic rings. The molecule has 1 aliphatic rings. The van der Waals surface area contributed by atoms with Crippen molar-refractivity contribution >= 4 is 35.1 Å². The topological polar surface area (TPSA) is 162 Å². The first-order valence-electron chi connectivity index (χ1n) is 13.8. The molecule has 228 valence electrons. The van der Waals surface area contributed by atoms with Crippen LogP contribution in [-0.4, -0.2) is 71.9 Å². The summed E-state index contributed by atoms with van der Waals surface area (Å²) in [5.74, 6) is -4.10. The quantitative estimate of drug-likeness (QED) is 0.263. The second-order valence-electron chi connectivity index (χ2n) is 10.6. The van der Waals surface area contributed by atoms with Crippen molar-refractivity contribution in [2.24, 2.45) is 5.92 Å². The zero-order valence-electron chi connectivity index (χ0n) is 24.3. The Balaban J connectivity index is 1.91. The molecule has 1 aliphatic heterocycles. The summed E-state index contributed by atoms with van der Waals surface area (Å²) in [7, 11) is 0. The van der Waals surface area contributed by atoms with Crippen molar-refractivity contribution in [2.75, 3.05) is 0 Å². The monoisotopic (exact) mass is 600 g/mol. The first-order valence-corrected chi connectivity index (χ1v) is 13.8. The maximum atomic E-state index is 14.5. The molecule has 3 amide bonds. The number of carbonyl (C=O) groups is 4. The second-order valence-corrected chi connectivity index (χ2v) is 10.6. The van der Waals surface area contributed by atoms with Crippen LogP contribution in [0.25, 0.3) is 5.70 Å². The van der Waals surface area contributed by atoms with E-state index in [1.54, 1.807) is 74.5 Å². The predicted octanol–water partition coefficient (Wildman–Crippen LogP) is 3.72. The summed E-state index contributed by atoms with van der Waals surface area (Å²) in [6.07, 6.45) is -0.757. The molecule has 0 aliphatic carbocycles. The molecule has 0 bridgehead atoms. The molecule has 1 heterocycles. The molecule has 4 rings (SSSR count). The number of carboxylic acids is 1. The molecule has 2 N–H and O–H groups in total. The summed E-state index contributed by atoms with van der Waals surface area (Å²) in [6, 6.07) is 19.5. The van der Waals surface area contributed by atoms with Crippen molar-refractivity contribution in [1.82, 2.24) is 14.9 Å². The van der Waals surface area contributed by atoms with Crippen molar-refractivity contribution in [3.8, 4) is 0 Å². The predicted molar refractivity (Wildman–Crippen MR) is 159 cm³/mol. The van der Waals surface area contributed by atoms with Crippen LogP contribution in [0.4, 0.5) is 5.69 Å².